The first-order chi connectivity index (χ1) is 20.0. The predicted molar refractivity (Wildman–Crippen MR) is 142 cm³/mol. The zero-order valence-electron chi connectivity index (χ0n) is 23.2. The quantitative estimate of drug-likeness (QED) is 0.291. The molecule has 14 heteroatoms. The topological polar surface area (TPSA) is 113 Å². The average Bonchev–Trinajstić information content (AvgIpc) is 2.91. The number of alkyl halides is 6. The molecule has 4 rings (SSSR count). The molecule has 1 aliphatic heterocycles. The Morgan fingerprint density at radius 3 is 2.37 bits per heavy atom. The van der Waals surface area contributed by atoms with Crippen LogP contribution >= 0.6 is 0 Å². The van der Waals surface area contributed by atoms with E-state index in [0.717, 1.165) is 47.5 Å². The highest BCUT2D eigenvalue weighted by Gasteiger charge is 2.38. The number of aromatic nitrogens is 2. The summed E-state index contributed by atoms with van der Waals surface area (Å²) in [7, 11) is 0. The minimum absolute atomic E-state index is 0.0288. The van der Waals surface area contributed by atoms with Gasteiger partial charge >= 0.3 is 24.3 Å². The summed E-state index contributed by atoms with van der Waals surface area (Å²) < 4.78 is 76.4. The molecule has 3 aromatic rings. The average molecular weight is 614 g/mol. The van der Waals surface area contributed by atoms with Gasteiger partial charge in [0.25, 0.3) is 0 Å². The highest BCUT2D eigenvalue weighted by Crippen LogP contribution is 2.31. The summed E-state index contributed by atoms with van der Waals surface area (Å²) in [6.45, 7) is 6.07. The van der Waals surface area contributed by atoms with Crippen LogP contribution in [0, 0.1) is 12.8 Å². The van der Waals surface area contributed by atoms with Gasteiger partial charge in [0.2, 0.25) is 0 Å². The molecule has 8 nitrogen and oxygen atoms in total. The van der Waals surface area contributed by atoms with E-state index in [9.17, 15) is 31.1 Å². The van der Waals surface area contributed by atoms with E-state index in [0.29, 0.717) is 30.2 Å². The number of hydrogen-bond acceptors (Lipinski definition) is 6. The van der Waals surface area contributed by atoms with Crippen molar-refractivity contribution in [1.29, 1.82) is 0 Å². The Morgan fingerprint density at radius 2 is 1.77 bits per heavy atom. The van der Waals surface area contributed by atoms with Gasteiger partial charge in [0.1, 0.15) is 12.4 Å². The van der Waals surface area contributed by atoms with Gasteiger partial charge in [0, 0.05) is 49.8 Å². The summed E-state index contributed by atoms with van der Waals surface area (Å²) in [4.78, 5) is 31.4. The van der Waals surface area contributed by atoms with Gasteiger partial charge in [0.15, 0.2) is 5.82 Å². The molecule has 1 aromatic heterocycles. The third-order valence-electron chi connectivity index (χ3n) is 6.43. The van der Waals surface area contributed by atoms with Crippen molar-refractivity contribution in [3.05, 3.63) is 76.6 Å². The number of carboxylic acids is 2. The van der Waals surface area contributed by atoms with Gasteiger partial charge in [-0.25, -0.2) is 14.8 Å². The van der Waals surface area contributed by atoms with Crippen molar-refractivity contribution < 1.29 is 50.9 Å². The van der Waals surface area contributed by atoms with Crippen molar-refractivity contribution in [2.24, 2.45) is 5.92 Å². The molecule has 0 saturated heterocycles. The molecule has 0 aliphatic carbocycles. The third kappa shape index (κ3) is 9.94. The van der Waals surface area contributed by atoms with Gasteiger partial charge in [-0.05, 0) is 54.3 Å². The first-order valence-corrected chi connectivity index (χ1v) is 13.0. The SMILES string of the molecule is Cc1cc(-c2ncc3c(n2)CCN(CC(C)CC(=O)O)C3)ccc1OCc1cccc(C(F)(F)F)c1.O=C(O)C(F)(F)F. The highest BCUT2D eigenvalue weighted by atomic mass is 19.4. The van der Waals surface area contributed by atoms with Crippen LogP contribution in [0.1, 0.15) is 41.3 Å². The van der Waals surface area contributed by atoms with Crippen molar-refractivity contribution in [1.82, 2.24) is 14.9 Å². The Balaban J connectivity index is 0.000000646. The second-order valence-corrected chi connectivity index (χ2v) is 10.1. The van der Waals surface area contributed by atoms with Gasteiger partial charge in [-0.3, -0.25) is 9.69 Å². The van der Waals surface area contributed by atoms with Crippen LogP contribution in [0.4, 0.5) is 26.3 Å². The summed E-state index contributed by atoms with van der Waals surface area (Å²) in [6, 6.07) is 10.7. The molecule has 0 bridgehead atoms. The van der Waals surface area contributed by atoms with Crippen molar-refractivity contribution in [3.8, 4) is 17.1 Å². The van der Waals surface area contributed by atoms with Crippen molar-refractivity contribution in [2.45, 2.75) is 52.2 Å². The first-order valence-electron chi connectivity index (χ1n) is 13.0. The lowest BCUT2D eigenvalue weighted by atomic mass is 10.0. The molecule has 0 fully saturated rings. The molecule has 2 heterocycles. The third-order valence-corrected chi connectivity index (χ3v) is 6.43. The summed E-state index contributed by atoms with van der Waals surface area (Å²) in [6.07, 6.45) is -6.72. The number of carbonyl (C=O) groups is 2. The number of ether oxygens (including phenoxy) is 1. The lowest BCUT2D eigenvalue weighted by Crippen LogP contribution is -2.35. The second-order valence-electron chi connectivity index (χ2n) is 10.1. The number of carboxylic acid groups (broad SMARTS) is 2. The number of aliphatic carboxylic acids is 2. The molecular weight excluding hydrogens is 584 g/mol. The molecule has 1 atom stereocenters. The van der Waals surface area contributed by atoms with E-state index >= 15 is 0 Å². The minimum atomic E-state index is -5.08. The van der Waals surface area contributed by atoms with E-state index < -0.39 is 29.9 Å². The van der Waals surface area contributed by atoms with Crippen molar-refractivity contribution in [3.63, 3.8) is 0 Å². The summed E-state index contributed by atoms with van der Waals surface area (Å²) in [5.41, 5.74) is 3.45. The fourth-order valence-corrected chi connectivity index (χ4v) is 4.42. The van der Waals surface area contributed by atoms with Gasteiger partial charge in [-0.15, -0.1) is 0 Å². The maximum absolute atomic E-state index is 12.9. The largest absolute Gasteiger partial charge is 0.490 e. The van der Waals surface area contributed by atoms with E-state index in [1.807, 2.05) is 32.2 Å². The van der Waals surface area contributed by atoms with Crippen LogP contribution in [0.25, 0.3) is 11.4 Å². The fraction of sp³-hybridized carbons (Fsp3) is 0.379. The Kier molecular flexibility index (Phi) is 10.7. The summed E-state index contributed by atoms with van der Waals surface area (Å²) in [5, 5.41) is 16.1. The van der Waals surface area contributed by atoms with E-state index in [1.54, 1.807) is 12.1 Å². The Morgan fingerprint density at radius 1 is 1.07 bits per heavy atom. The normalized spacial score (nSPS) is 14.2. The van der Waals surface area contributed by atoms with Gasteiger partial charge in [0.05, 0.1) is 11.3 Å². The van der Waals surface area contributed by atoms with E-state index in [4.69, 9.17) is 24.7 Å². The number of fused-ring (bicyclic) bond motifs is 1. The first kappa shape index (κ1) is 33.3. The lowest BCUT2D eigenvalue weighted by molar-refractivity contribution is -0.192. The van der Waals surface area contributed by atoms with Crippen LogP contribution in [-0.4, -0.2) is 56.3 Å². The van der Waals surface area contributed by atoms with Crippen LogP contribution in [0.2, 0.25) is 0 Å². The molecule has 0 saturated carbocycles. The number of nitrogens with zero attached hydrogens (tertiary/aromatic N) is 3. The van der Waals surface area contributed by atoms with Gasteiger partial charge < -0.3 is 14.9 Å². The number of halogens is 6. The zero-order chi connectivity index (χ0) is 31.9. The monoisotopic (exact) mass is 613 g/mol. The van der Waals surface area contributed by atoms with Crippen LogP contribution < -0.4 is 4.74 Å². The lowest BCUT2D eigenvalue weighted by Gasteiger charge is -2.29. The Bertz CT molecular complexity index is 1440. The van der Waals surface area contributed by atoms with Crippen LogP contribution in [0.3, 0.4) is 0 Å². The molecule has 0 spiro atoms. The van der Waals surface area contributed by atoms with E-state index in [1.165, 1.54) is 6.07 Å². The molecule has 0 radical (unpaired) electrons. The predicted octanol–water partition coefficient (Wildman–Crippen LogP) is 6.15. The standard InChI is InChI=1S/C27H28F3N3O3.C2HF3O2/c1-17(10-25(34)35)14-33-9-8-23-21(15-33)13-31-26(32-23)20-6-7-24(18(2)11-20)36-16-19-4-3-5-22(12-19)27(28,29)30;3-2(4,5)1(6)7/h3-7,11-13,17H,8-10,14-16H2,1-2H3,(H,34,35);(H,6,7). The maximum Gasteiger partial charge on any atom is 0.490 e. The molecule has 2 N–H and O–H groups in total. The van der Waals surface area contributed by atoms with Gasteiger partial charge in [-0.2, -0.15) is 26.3 Å². The fourth-order valence-electron chi connectivity index (χ4n) is 4.42. The number of benzene rings is 2. The summed E-state index contributed by atoms with van der Waals surface area (Å²) >= 11 is 0. The Labute approximate surface area is 243 Å². The van der Waals surface area contributed by atoms with E-state index in [-0.39, 0.29) is 18.9 Å². The number of rotatable bonds is 8. The maximum atomic E-state index is 12.9. The molecule has 1 aliphatic rings. The van der Waals surface area contributed by atoms with Crippen molar-refractivity contribution in [2.75, 3.05) is 13.1 Å². The van der Waals surface area contributed by atoms with Crippen LogP contribution in [0.15, 0.2) is 48.7 Å². The highest BCUT2D eigenvalue weighted by molar-refractivity contribution is 5.73. The minimum Gasteiger partial charge on any atom is -0.489 e. The molecular formula is C29H29F6N3O5. The van der Waals surface area contributed by atoms with Gasteiger partial charge in [-0.1, -0.05) is 19.1 Å². The summed E-state index contributed by atoms with van der Waals surface area (Å²) in [5.74, 6) is -2.28. The number of aryl methyl sites for hydroxylation is 1. The smallest absolute Gasteiger partial charge is 0.489 e. The van der Waals surface area contributed by atoms with Crippen molar-refractivity contribution >= 4 is 11.9 Å². The zero-order valence-corrected chi connectivity index (χ0v) is 23.2. The Hall–Kier alpha value is -4.20. The second kappa shape index (κ2) is 13.8. The molecule has 43 heavy (non-hydrogen) atoms. The molecule has 1 unspecified atom stereocenters. The van der Waals surface area contributed by atoms with Crippen LogP contribution in [-0.2, 0) is 35.3 Å². The molecule has 2 aromatic carbocycles. The molecule has 0 amide bonds. The molecule has 232 valence electrons. The number of hydrogen-bond donors (Lipinski definition) is 2. The van der Waals surface area contributed by atoms with E-state index in [2.05, 4.69) is 9.88 Å². The van der Waals surface area contributed by atoms with Crippen LogP contribution in [0.5, 0.6) is 5.75 Å².